The fourth-order valence-electron chi connectivity index (χ4n) is 1.67. The van der Waals surface area contributed by atoms with Gasteiger partial charge < -0.3 is 5.32 Å². The molecule has 0 saturated carbocycles. The van der Waals surface area contributed by atoms with Crippen LogP contribution in [0.2, 0.25) is 5.02 Å². The molecule has 0 radical (unpaired) electrons. The fraction of sp³-hybridized carbons (Fsp3) is 0.500. The second kappa shape index (κ2) is 4.73. The van der Waals surface area contributed by atoms with Gasteiger partial charge in [-0.05, 0) is 11.6 Å². The smallest absolute Gasteiger partial charge is 0.0592 e. The molecule has 0 spiro atoms. The van der Waals surface area contributed by atoms with Gasteiger partial charge in [0, 0.05) is 45.1 Å². The quantitative estimate of drug-likeness (QED) is 0.796. The Labute approximate surface area is 89.1 Å². The molecule has 0 amide bonds. The van der Waals surface area contributed by atoms with Crippen LogP contribution >= 0.6 is 11.6 Å². The minimum Gasteiger partial charge on any atom is -0.314 e. The van der Waals surface area contributed by atoms with E-state index >= 15 is 0 Å². The maximum atomic E-state index is 5.87. The molecule has 14 heavy (non-hydrogen) atoms. The van der Waals surface area contributed by atoms with Gasteiger partial charge >= 0.3 is 0 Å². The molecule has 0 atom stereocenters. The van der Waals surface area contributed by atoms with Crippen molar-refractivity contribution in [2.75, 3.05) is 26.2 Å². The second-order valence-electron chi connectivity index (χ2n) is 3.54. The molecule has 4 heteroatoms. The topological polar surface area (TPSA) is 28.2 Å². The second-order valence-corrected chi connectivity index (χ2v) is 3.97. The normalized spacial score (nSPS) is 18.4. The van der Waals surface area contributed by atoms with Gasteiger partial charge in [-0.1, -0.05) is 11.6 Å². The van der Waals surface area contributed by atoms with E-state index in [0.29, 0.717) is 0 Å². The van der Waals surface area contributed by atoms with Crippen molar-refractivity contribution in [3.05, 3.63) is 29.0 Å². The summed E-state index contributed by atoms with van der Waals surface area (Å²) in [5.74, 6) is 0. The number of nitrogens with zero attached hydrogens (tertiary/aromatic N) is 2. The third kappa shape index (κ3) is 2.67. The van der Waals surface area contributed by atoms with Crippen LogP contribution in [0.3, 0.4) is 0 Å². The Morgan fingerprint density at radius 3 is 2.86 bits per heavy atom. The third-order valence-corrected chi connectivity index (χ3v) is 2.58. The highest BCUT2D eigenvalue weighted by Gasteiger charge is 2.09. The zero-order valence-corrected chi connectivity index (χ0v) is 8.80. The zero-order chi connectivity index (χ0) is 9.80. The van der Waals surface area contributed by atoms with Crippen molar-refractivity contribution in [3.63, 3.8) is 0 Å². The molecule has 1 aromatic rings. The molecule has 0 bridgehead atoms. The predicted molar refractivity (Wildman–Crippen MR) is 57.4 cm³/mol. The van der Waals surface area contributed by atoms with Gasteiger partial charge in [0.2, 0.25) is 0 Å². The van der Waals surface area contributed by atoms with Crippen LogP contribution < -0.4 is 5.32 Å². The predicted octanol–water partition coefficient (Wildman–Crippen LogP) is 1.14. The van der Waals surface area contributed by atoms with Crippen LogP contribution in [-0.2, 0) is 6.54 Å². The summed E-state index contributed by atoms with van der Waals surface area (Å²) in [5, 5.41) is 4.05. The first-order valence-electron chi connectivity index (χ1n) is 4.87. The van der Waals surface area contributed by atoms with E-state index in [0.717, 1.165) is 37.7 Å². The molecular weight excluding hydrogens is 198 g/mol. The highest BCUT2D eigenvalue weighted by Crippen LogP contribution is 2.10. The number of aromatic nitrogens is 1. The number of pyridine rings is 1. The van der Waals surface area contributed by atoms with Gasteiger partial charge in [0.1, 0.15) is 0 Å². The Bertz CT molecular complexity index is 297. The van der Waals surface area contributed by atoms with E-state index in [1.807, 2.05) is 12.3 Å². The molecule has 0 aliphatic carbocycles. The average molecular weight is 212 g/mol. The van der Waals surface area contributed by atoms with Gasteiger partial charge in [0.25, 0.3) is 0 Å². The minimum absolute atomic E-state index is 0.720. The lowest BCUT2D eigenvalue weighted by atomic mass is 10.2. The maximum Gasteiger partial charge on any atom is 0.0592 e. The third-order valence-electron chi connectivity index (χ3n) is 2.38. The van der Waals surface area contributed by atoms with Crippen LogP contribution in [-0.4, -0.2) is 36.1 Å². The van der Waals surface area contributed by atoms with Crippen molar-refractivity contribution in [2.45, 2.75) is 6.54 Å². The van der Waals surface area contributed by atoms with E-state index in [2.05, 4.69) is 15.2 Å². The summed E-state index contributed by atoms with van der Waals surface area (Å²) in [6, 6.07) is 1.98. The Morgan fingerprint density at radius 1 is 1.36 bits per heavy atom. The SMILES string of the molecule is Clc1cncc(CN2CCNCC2)c1. The summed E-state index contributed by atoms with van der Waals surface area (Å²) >= 11 is 5.87. The fourth-order valence-corrected chi connectivity index (χ4v) is 1.87. The van der Waals surface area contributed by atoms with Gasteiger partial charge in [-0.3, -0.25) is 9.88 Å². The summed E-state index contributed by atoms with van der Waals surface area (Å²) < 4.78 is 0. The average Bonchev–Trinajstić information content (AvgIpc) is 2.19. The molecule has 3 nitrogen and oxygen atoms in total. The van der Waals surface area contributed by atoms with E-state index in [1.165, 1.54) is 5.56 Å². The van der Waals surface area contributed by atoms with Gasteiger partial charge in [0.15, 0.2) is 0 Å². The molecule has 1 N–H and O–H groups in total. The number of hydrogen-bond acceptors (Lipinski definition) is 3. The van der Waals surface area contributed by atoms with Crippen LogP contribution in [0.25, 0.3) is 0 Å². The summed E-state index contributed by atoms with van der Waals surface area (Å²) in [7, 11) is 0. The number of nitrogens with one attached hydrogen (secondary N) is 1. The number of hydrogen-bond donors (Lipinski definition) is 1. The zero-order valence-electron chi connectivity index (χ0n) is 8.04. The molecule has 2 heterocycles. The Kier molecular flexibility index (Phi) is 3.35. The first kappa shape index (κ1) is 9.90. The lowest BCUT2D eigenvalue weighted by Crippen LogP contribution is -2.42. The first-order valence-corrected chi connectivity index (χ1v) is 5.25. The highest BCUT2D eigenvalue weighted by atomic mass is 35.5. The maximum absolute atomic E-state index is 5.87. The summed E-state index contributed by atoms with van der Waals surface area (Å²) in [5.41, 5.74) is 1.19. The summed E-state index contributed by atoms with van der Waals surface area (Å²) in [6.07, 6.45) is 3.55. The first-order chi connectivity index (χ1) is 6.84. The molecule has 2 rings (SSSR count). The van der Waals surface area contributed by atoms with Crippen LogP contribution in [0.4, 0.5) is 0 Å². The van der Waals surface area contributed by atoms with Gasteiger partial charge in [-0.2, -0.15) is 0 Å². The lowest BCUT2D eigenvalue weighted by Gasteiger charge is -2.27. The highest BCUT2D eigenvalue weighted by molar-refractivity contribution is 6.30. The molecule has 1 aliphatic heterocycles. The van der Waals surface area contributed by atoms with Gasteiger partial charge in [-0.25, -0.2) is 0 Å². The summed E-state index contributed by atoms with van der Waals surface area (Å²) in [4.78, 5) is 6.48. The van der Waals surface area contributed by atoms with Crippen LogP contribution in [0.1, 0.15) is 5.56 Å². The Hall–Kier alpha value is -0.640. The largest absolute Gasteiger partial charge is 0.314 e. The van der Waals surface area contributed by atoms with Crippen LogP contribution in [0.5, 0.6) is 0 Å². The van der Waals surface area contributed by atoms with E-state index < -0.39 is 0 Å². The lowest BCUT2D eigenvalue weighted by molar-refractivity contribution is 0.233. The molecule has 1 fully saturated rings. The van der Waals surface area contributed by atoms with Crippen LogP contribution in [0.15, 0.2) is 18.5 Å². The van der Waals surface area contributed by atoms with E-state index in [9.17, 15) is 0 Å². The van der Waals surface area contributed by atoms with E-state index in [4.69, 9.17) is 11.6 Å². The molecule has 1 aromatic heterocycles. The van der Waals surface area contributed by atoms with Crippen molar-refractivity contribution in [2.24, 2.45) is 0 Å². The standard InChI is InChI=1S/C10H14ClN3/c11-10-5-9(6-13-7-10)8-14-3-1-12-2-4-14/h5-7,12H,1-4,8H2. The van der Waals surface area contributed by atoms with Gasteiger partial charge in [-0.15, -0.1) is 0 Å². The number of rotatable bonds is 2. The molecule has 1 aliphatic rings. The Morgan fingerprint density at radius 2 is 2.14 bits per heavy atom. The van der Waals surface area contributed by atoms with E-state index in [1.54, 1.807) is 6.20 Å². The number of halogens is 1. The molecule has 1 saturated heterocycles. The number of piperazine rings is 1. The Balaban J connectivity index is 1.95. The van der Waals surface area contributed by atoms with Crippen molar-refractivity contribution in [3.8, 4) is 0 Å². The monoisotopic (exact) mass is 211 g/mol. The van der Waals surface area contributed by atoms with Crippen molar-refractivity contribution < 1.29 is 0 Å². The van der Waals surface area contributed by atoms with Gasteiger partial charge in [0.05, 0.1) is 5.02 Å². The molecular formula is C10H14ClN3. The van der Waals surface area contributed by atoms with E-state index in [-0.39, 0.29) is 0 Å². The summed E-state index contributed by atoms with van der Waals surface area (Å²) in [6.45, 7) is 5.32. The minimum atomic E-state index is 0.720. The van der Waals surface area contributed by atoms with Crippen LogP contribution in [0, 0.1) is 0 Å². The molecule has 76 valence electrons. The molecule has 0 unspecified atom stereocenters. The molecule has 0 aromatic carbocycles. The van der Waals surface area contributed by atoms with Crippen molar-refractivity contribution >= 4 is 11.6 Å². The van der Waals surface area contributed by atoms with Crippen molar-refractivity contribution in [1.29, 1.82) is 0 Å². The van der Waals surface area contributed by atoms with Crippen molar-refractivity contribution in [1.82, 2.24) is 15.2 Å².